The van der Waals surface area contributed by atoms with Gasteiger partial charge in [0.2, 0.25) is 0 Å². The largest absolute Gasteiger partial charge is 0.463 e. The Labute approximate surface area is 248 Å². The lowest BCUT2D eigenvalue weighted by atomic mass is 9.73. The molecule has 2 aliphatic heterocycles. The summed E-state index contributed by atoms with van der Waals surface area (Å²) >= 11 is 0. The van der Waals surface area contributed by atoms with Crippen LogP contribution in [0, 0.1) is 10.1 Å². The van der Waals surface area contributed by atoms with E-state index in [-0.39, 0.29) is 36.7 Å². The summed E-state index contributed by atoms with van der Waals surface area (Å²) in [5.41, 5.74) is -0.119. The van der Waals surface area contributed by atoms with Crippen molar-refractivity contribution in [2.24, 2.45) is 5.10 Å². The van der Waals surface area contributed by atoms with E-state index in [1.807, 2.05) is 36.4 Å². The summed E-state index contributed by atoms with van der Waals surface area (Å²) in [6.45, 7) is 5.03. The van der Waals surface area contributed by atoms with E-state index < -0.39 is 34.2 Å². The van der Waals surface area contributed by atoms with Gasteiger partial charge in [0.05, 0.1) is 41.0 Å². The first kappa shape index (κ1) is 29.2. The van der Waals surface area contributed by atoms with Crippen LogP contribution in [0.4, 0.5) is 11.4 Å². The highest BCUT2D eigenvalue weighted by atomic mass is 16.6. The molecule has 0 N–H and O–H groups in total. The van der Waals surface area contributed by atoms with Crippen LogP contribution in [-0.2, 0) is 30.4 Å². The first-order valence-corrected chi connectivity index (χ1v) is 13.8. The van der Waals surface area contributed by atoms with Gasteiger partial charge in [-0.3, -0.25) is 14.9 Å². The number of carbonyl (C=O) groups excluding carboxylic acids is 3. The summed E-state index contributed by atoms with van der Waals surface area (Å²) in [7, 11) is 0. The molecule has 11 heteroatoms. The number of hydrogen-bond acceptors (Lipinski definition) is 9. The fraction of sp³-hybridized carbons (Fsp3) is 0.250. The lowest BCUT2D eigenvalue weighted by molar-refractivity contribution is -0.384. The second-order valence-electron chi connectivity index (χ2n) is 9.96. The van der Waals surface area contributed by atoms with Gasteiger partial charge in [0.15, 0.2) is 5.54 Å². The van der Waals surface area contributed by atoms with E-state index in [9.17, 15) is 24.5 Å². The maximum atomic E-state index is 14.9. The Bertz CT molecular complexity index is 1620. The molecular weight excluding hydrogens is 552 g/mol. The molecule has 1 spiro atoms. The molecule has 2 atom stereocenters. The van der Waals surface area contributed by atoms with Crippen LogP contribution < -0.4 is 5.01 Å². The number of para-hydroxylation sites is 1. The molecule has 2 aliphatic rings. The van der Waals surface area contributed by atoms with Gasteiger partial charge < -0.3 is 14.4 Å². The highest BCUT2D eigenvalue weighted by Gasteiger charge is 2.67. The molecule has 0 radical (unpaired) electrons. The Morgan fingerprint density at radius 3 is 2.07 bits per heavy atom. The van der Waals surface area contributed by atoms with Crippen LogP contribution in [0.3, 0.4) is 0 Å². The summed E-state index contributed by atoms with van der Waals surface area (Å²) in [4.78, 5) is 55.1. The number of ether oxygens (including phenoxy) is 2. The van der Waals surface area contributed by atoms with E-state index in [1.165, 1.54) is 29.3 Å². The molecule has 0 saturated heterocycles. The van der Waals surface area contributed by atoms with Gasteiger partial charge in [-0.25, -0.2) is 9.59 Å². The molecule has 2 heterocycles. The monoisotopic (exact) mass is 582 g/mol. The molecule has 0 bridgehead atoms. The number of hydrogen-bond donors (Lipinski definition) is 0. The van der Waals surface area contributed by atoms with E-state index in [2.05, 4.69) is 5.10 Å². The van der Waals surface area contributed by atoms with Crippen LogP contribution in [0.1, 0.15) is 37.8 Å². The zero-order chi connectivity index (χ0) is 30.7. The summed E-state index contributed by atoms with van der Waals surface area (Å²) < 4.78 is 10.9. The van der Waals surface area contributed by atoms with Crippen LogP contribution in [0.5, 0.6) is 0 Å². The fourth-order valence-corrected chi connectivity index (χ4v) is 5.81. The molecule has 3 aromatic rings. The van der Waals surface area contributed by atoms with Gasteiger partial charge in [-0.15, -0.1) is 0 Å². The second-order valence-corrected chi connectivity index (χ2v) is 9.96. The zero-order valence-corrected chi connectivity index (χ0v) is 23.9. The van der Waals surface area contributed by atoms with Crippen molar-refractivity contribution in [1.29, 1.82) is 0 Å². The van der Waals surface area contributed by atoms with E-state index in [0.29, 0.717) is 17.0 Å². The van der Waals surface area contributed by atoms with E-state index in [4.69, 9.17) is 9.47 Å². The molecule has 11 nitrogen and oxygen atoms in total. The van der Waals surface area contributed by atoms with E-state index in [1.54, 1.807) is 49.9 Å². The first-order chi connectivity index (χ1) is 20.7. The minimum atomic E-state index is -1.72. The van der Waals surface area contributed by atoms with E-state index in [0.717, 1.165) is 5.56 Å². The van der Waals surface area contributed by atoms with Crippen LogP contribution in [0.15, 0.2) is 101 Å². The molecule has 0 aliphatic carbocycles. The summed E-state index contributed by atoms with van der Waals surface area (Å²) in [5, 5.41) is 17.4. The van der Waals surface area contributed by atoms with Gasteiger partial charge in [0.25, 0.3) is 11.6 Å². The van der Waals surface area contributed by atoms with Gasteiger partial charge in [-0.1, -0.05) is 60.7 Å². The van der Waals surface area contributed by atoms with Crippen LogP contribution in [0.25, 0.3) is 0 Å². The maximum Gasteiger partial charge on any atom is 0.355 e. The molecular formula is C32H30N4O7. The van der Waals surface area contributed by atoms with Crippen molar-refractivity contribution in [2.75, 3.05) is 18.2 Å². The van der Waals surface area contributed by atoms with Crippen LogP contribution >= 0.6 is 0 Å². The molecule has 43 heavy (non-hydrogen) atoms. The predicted molar refractivity (Wildman–Crippen MR) is 158 cm³/mol. The number of nitro benzene ring substituents is 1. The van der Waals surface area contributed by atoms with Crippen LogP contribution in [0.2, 0.25) is 0 Å². The van der Waals surface area contributed by atoms with Gasteiger partial charge >= 0.3 is 11.9 Å². The minimum absolute atomic E-state index is 0.00820. The second kappa shape index (κ2) is 11.9. The van der Waals surface area contributed by atoms with Crippen LogP contribution in [-0.4, -0.2) is 52.1 Å². The predicted octanol–water partition coefficient (Wildman–Crippen LogP) is 4.74. The summed E-state index contributed by atoms with van der Waals surface area (Å²) in [5.74, 6) is -3.23. The third kappa shape index (κ3) is 4.92. The summed E-state index contributed by atoms with van der Waals surface area (Å²) in [6.07, 6.45) is 0. The minimum Gasteiger partial charge on any atom is -0.463 e. The van der Waals surface area contributed by atoms with E-state index >= 15 is 0 Å². The molecule has 2 unspecified atom stereocenters. The maximum absolute atomic E-state index is 14.9. The topological polar surface area (TPSA) is 132 Å². The Kier molecular flexibility index (Phi) is 8.07. The van der Waals surface area contributed by atoms with Crippen molar-refractivity contribution in [2.45, 2.75) is 38.8 Å². The molecule has 0 fully saturated rings. The molecule has 5 rings (SSSR count). The quantitative estimate of drug-likeness (QED) is 0.201. The van der Waals surface area contributed by atoms with Crippen molar-refractivity contribution < 1.29 is 28.8 Å². The normalized spacial score (nSPS) is 19.6. The highest BCUT2D eigenvalue weighted by molar-refractivity contribution is 6.26. The number of benzene rings is 3. The Balaban J connectivity index is 1.83. The molecule has 0 saturated carbocycles. The third-order valence-corrected chi connectivity index (χ3v) is 7.56. The van der Waals surface area contributed by atoms with Crippen molar-refractivity contribution in [3.8, 4) is 0 Å². The fourth-order valence-electron chi connectivity index (χ4n) is 5.81. The van der Waals surface area contributed by atoms with Gasteiger partial charge in [-0.05, 0) is 44.0 Å². The number of carbonyl (C=O) groups is 3. The number of non-ortho nitro benzene ring substituents is 1. The Morgan fingerprint density at radius 2 is 1.49 bits per heavy atom. The first-order valence-electron chi connectivity index (χ1n) is 13.8. The van der Waals surface area contributed by atoms with Crippen molar-refractivity contribution in [3.63, 3.8) is 0 Å². The highest BCUT2D eigenvalue weighted by Crippen LogP contribution is 2.54. The van der Waals surface area contributed by atoms with Gasteiger partial charge in [0, 0.05) is 18.7 Å². The average Bonchev–Trinajstić information content (AvgIpc) is 3.46. The number of esters is 2. The van der Waals surface area contributed by atoms with Crippen molar-refractivity contribution in [1.82, 2.24) is 4.90 Å². The number of anilines is 1. The average molecular weight is 583 g/mol. The molecule has 0 aromatic heterocycles. The van der Waals surface area contributed by atoms with Gasteiger partial charge in [0.1, 0.15) is 5.70 Å². The summed E-state index contributed by atoms with van der Waals surface area (Å²) in [6, 6.07) is 23.6. The standard InChI is InChI=1S/C32H30N4O7/c1-4-42-29(37)26-27(23-16-18-25(19-17-23)36(40)41)32(21(3)33-35(31(32)39)24-14-10-7-11-15-24)34(28(26)30(38)43-5-2)20-22-12-8-6-9-13-22/h6-19,27H,4-5,20H2,1-3H3. The number of nitro groups is 1. The number of rotatable bonds is 9. The Morgan fingerprint density at radius 1 is 0.907 bits per heavy atom. The van der Waals surface area contributed by atoms with Crippen molar-refractivity contribution in [3.05, 3.63) is 117 Å². The third-order valence-electron chi connectivity index (χ3n) is 7.56. The number of hydrazone groups is 1. The SMILES string of the molecule is CCOC(=O)C1=C(C(=O)OCC)N(Cc2ccccc2)C2(C(=O)N(c3ccccc3)N=C2C)C1c1ccc([N+](=O)[O-])cc1. The Hall–Kier alpha value is -5.32. The smallest absolute Gasteiger partial charge is 0.355 e. The molecule has 1 amide bonds. The molecule has 220 valence electrons. The number of amides is 1. The number of nitrogens with zero attached hydrogens (tertiary/aromatic N) is 4. The van der Waals surface area contributed by atoms with Gasteiger partial charge in [-0.2, -0.15) is 10.1 Å². The van der Waals surface area contributed by atoms with Crippen molar-refractivity contribution >= 4 is 34.9 Å². The lowest BCUT2D eigenvalue weighted by Gasteiger charge is -2.40. The lowest BCUT2D eigenvalue weighted by Crippen LogP contribution is -2.59. The zero-order valence-electron chi connectivity index (χ0n) is 23.9. The molecule has 3 aromatic carbocycles.